The molecule has 1 fully saturated rings. The molecule has 2 heterocycles. The van der Waals surface area contributed by atoms with E-state index in [-0.39, 0.29) is 0 Å². The first-order chi connectivity index (χ1) is 8.20. The summed E-state index contributed by atoms with van der Waals surface area (Å²) < 4.78 is 7.51. The van der Waals surface area contributed by atoms with Gasteiger partial charge in [-0.2, -0.15) is 0 Å². The second-order valence-corrected chi connectivity index (χ2v) is 4.70. The minimum atomic E-state index is 0.392. The molecule has 4 nitrogen and oxygen atoms in total. The van der Waals surface area contributed by atoms with E-state index in [2.05, 4.69) is 28.4 Å². The fourth-order valence-electron chi connectivity index (χ4n) is 2.21. The predicted molar refractivity (Wildman–Crippen MR) is 69.2 cm³/mol. The van der Waals surface area contributed by atoms with Gasteiger partial charge in [0.05, 0.1) is 12.3 Å². The van der Waals surface area contributed by atoms with Crippen molar-refractivity contribution >= 4 is 5.95 Å². The highest BCUT2D eigenvalue weighted by atomic mass is 16.5. The molecular weight excluding hydrogens is 214 g/mol. The highest BCUT2D eigenvalue weighted by Gasteiger charge is 2.23. The van der Waals surface area contributed by atoms with E-state index >= 15 is 0 Å². The Morgan fingerprint density at radius 1 is 1.76 bits per heavy atom. The number of anilines is 1. The second-order valence-electron chi connectivity index (χ2n) is 4.70. The standard InChI is InChI=1S/C13H21N3O/c1-4-6-16-8-10(2)14-13(16)15-11(3)12-5-7-17-9-12/h4,8,11-12H,1,5-7,9H2,2-3H3,(H,14,15). The molecule has 1 aliphatic heterocycles. The van der Waals surface area contributed by atoms with Crippen LogP contribution in [0.4, 0.5) is 5.95 Å². The maximum atomic E-state index is 5.42. The van der Waals surface area contributed by atoms with Gasteiger partial charge in [-0.3, -0.25) is 0 Å². The van der Waals surface area contributed by atoms with Crippen LogP contribution < -0.4 is 5.32 Å². The Morgan fingerprint density at radius 3 is 3.24 bits per heavy atom. The molecule has 1 aliphatic rings. The van der Waals surface area contributed by atoms with Gasteiger partial charge in [0.2, 0.25) is 5.95 Å². The molecule has 0 bridgehead atoms. The summed E-state index contributed by atoms with van der Waals surface area (Å²) in [5.74, 6) is 1.52. The summed E-state index contributed by atoms with van der Waals surface area (Å²) >= 11 is 0. The number of rotatable bonds is 5. The molecule has 1 saturated heterocycles. The molecule has 17 heavy (non-hydrogen) atoms. The zero-order valence-corrected chi connectivity index (χ0v) is 10.6. The van der Waals surface area contributed by atoms with Crippen LogP contribution in [0.2, 0.25) is 0 Å². The van der Waals surface area contributed by atoms with Gasteiger partial charge >= 0.3 is 0 Å². The number of ether oxygens (including phenoxy) is 1. The van der Waals surface area contributed by atoms with Crippen molar-refractivity contribution in [3.05, 3.63) is 24.5 Å². The number of aryl methyl sites for hydroxylation is 1. The quantitative estimate of drug-likeness (QED) is 0.795. The molecule has 0 aliphatic carbocycles. The summed E-state index contributed by atoms with van der Waals surface area (Å²) in [4.78, 5) is 4.50. The Hall–Kier alpha value is -1.29. The number of hydrogen-bond acceptors (Lipinski definition) is 3. The molecule has 1 N–H and O–H groups in total. The zero-order valence-electron chi connectivity index (χ0n) is 10.6. The highest BCUT2D eigenvalue weighted by molar-refractivity contribution is 5.30. The van der Waals surface area contributed by atoms with Gasteiger partial charge in [-0.05, 0) is 20.3 Å². The first-order valence-corrected chi connectivity index (χ1v) is 6.19. The molecule has 0 amide bonds. The maximum absolute atomic E-state index is 5.42. The minimum absolute atomic E-state index is 0.392. The second kappa shape index (κ2) is 5.36. The fourth-order valence-corrected chi connectivity index (χ4v) is 2.21. The highest BCUT2D eigenvalue weighted by Crippen LogP contribution is 2.20. The van der Waals surface area contributed by atoms with Gasteiger partial charge in [-0.15, -0.1) is 6.58 Å². The van der Waals surface area contributed by atoms with Crippen molar-refractivity contribution in [2.24, 2.45) is 5.92 Å². The zero-order chi connectivity index (χ0) is 12.3. The molecule has 2 atom stereocenters. The van der Waals surface area contributed by atoms with Crippen molar-refractivity contribution in [3.63, 3.8) is 0 Å². The van der Waals surface area contributed by atoms with E-state index in [0.29, 0.717) is 12.0 Å². The Labute approximate surface area is 103 Å². The molecule has 2 rings (SSSR count). The smallest absolute Gasteiger partial charge is 0.203 e. The normalized spacial score (nSPS) is 21.4. The average Bonchev–Trinajstić information content (AvgIpc) is 2.89. The molecule has 0 aromatic carbocycles. The summed E-state index contributed by atoms with van der Waals surface area (Å²) in [6, 6.07) is 0.392. The van der Waals surface area contributed by atoms with Gasteiger partial charge in [-0.25, -0.2) is 4.98 Å². The largest absolute Gasteiger partial charge is 0.381 e. The van der Waals surface area contributed by atoms with E-state index in [4.69, 9.17) is 4.74 Å². The Balaban J connectivity index is 2.03. The van der Waals surface area contributed by atoms with Crippen molar-refractivity contribution in [3.8, 4) is 0 Å². The van der Waals surface area contributed by atoms with E-state index in [1.54, 1.807) is 0 Å². The fraction of sp³-hybridized carbons (Fsp3) is 0.615. The van der Waals surface area contributed by atoms with Crippen LogP contribution in [0.1, 0.15) is 19.0 Å². The van der Waals surface area contributed by atoms with E-state index in [1.807, 2.05) is 19.2 Å². The van der Waals surface area contributed by atoms with Gasteiger partial charge in [0.15, 0.2) is 0 Å². The summed E-state index contributed by atoms with van der Waals surface area (Å²) in [6.45, 7) is 10.5. The topological polar surface area (TPSA) is 39.1 Å². The minimum Gasteiger partial charge on any atom is -0.381 e. The van der Waals surface area contributed by atoms with Crippen molar-refractivity contribution in [1.29, 1.82) is 0 Å². The number of allylic oxidation sites excluding steroid dienone is 1. The monoisotopic (exact) mass is 235 g/mol. The SMILES string of the molecule is C=CCn1cc(C)nc1NC(C)C1CCOC1. The summed E-state index contributed by atoms with van der Waals surface area (Å²) in [7, 11) is 0. The van der Waals surface area contributed by atoms with E-state index in [0.717, 1.165) is 37.8 Å². The summed E-state index contributed by atoms with van der Waals surface area (Å²) in [5.41, 5.74) is 1.03. The Morgan fingerprint density at radius 2 is 2.59 bits per heavy atom. The molecule has 1 aromatic heterocycles. The summed E-state index contributed by atoms with van der Waals surface area (Å²) in [5, 5.41) is 3.48. The van der Waals surface area contributed by atoms with Gasteiger partial charge in [0, 0.05) is 31.3 Å². The van der Waals surface area contributed by atoms with Crippen LogP contribution in [-0.4, -0.2) is 28.8 Å². The lowest BCUT2D eigenvalue weighted by Gasteiger charge is -2.20. The van der Waals surface area contributed by atoms with Crippen LogP contribution in [-0.2, 0) is 11.3 Å². The lowest BCUT2D eigenvalue weighted by molar-refractivity contribution is 0.183. The Kier molecular flexibility index (Phi) is 3.84. The van der Waals surface area contributed by atoms with Crippen LogP contribution in [0.25, 0.3) is 0 Å². The van der Waals surface area contributed by atoms with Gasteiger partial charge in [-0.1, -0.05) is 6.08 Å². The lowest BCUT2D eigenvalue weighted by Crippen LogP contribution is -2.27. The van der Waals surface area contributed by atoms with Gasteiger partial charge < -0.3 is 14.6 Å². The van der Waals surface area contributed by atoms with E-state index in [1.165, 1.54) is 0 Å². The van der Waals surface area contributed by atoms with Crippen LogP contribution in [0.3, 0.4) is 0 Å². The predicted octanol–water partition coefficient (Wildman–Crippen LogP) is 2.21. The van der Waals surface area contributed by atoms with Crippen LogP contribution in [0, 0.1) is 12.8 Å². The van der Waals surface area contributed by atoms with E-state index < -0.39 is 0 Å². The number of aromatic nitrogens is 2. The van der Waals surface area contributed by atoms with Crippen molar-refractivity contribution < 1.29 is 4.74 Å². The van der Waals surface area contributed by atoms with Crippen LogP contribution in [0.5, 0.6) is 0 Å². The lowest BCUT2D eigenvalue weighted by atomic mass is 10.0. The third-order valence-corrected chi connectivity index (χ3v) is 3.25. The number of imidazole rings is 1. The van der Waals surface area contributed by atoms with Gasteiger partial charge in [0.1, 0.15) is 0 Å². The van der Waals surface area contributed by atoms with Crippen LogP contribution >= 0.6 is 0 Å². The molecular formula is C13H21N3O. The van der Waals surface area contributed by atoms with Crippen molar-refractivity contribution in [2.45, 2.75) is 32.9 Å². The number of nitrogens with zero attached hydrogens (tertiary/aromatic N) is 2. The molecule has 0 saturated carbocycles. The van der Waals surface area contributed by atoms with Crippen molar-refractivity contribution in [1.82, 2.24) is 9.55 Å². The summed E-state index contributed by atoms with van der Waals surface area (Å²) in [6.07, 6.45) is 5.06. The first-order valence-electron chi connectivity index (χ1n) is 6.19. The van der Waals surface area contributed by atoms with Gasteiger partial charge in [0.25, 0.3) is 0 Å². The number of hydrogen-bond donors (Lipinski definition) is 1. The molecule has 0 radical (unpaired) electrons. The molecule has 2 unspecified atom stereocenters. The molecule has 0 spiro atoms. The average molecular weight is 235 g/mol. The van der Waals surface area contributed by atoms with Crippen molar-refractivity contribution in [2.75, 3.05) is 18.5 Å². The van der Waals surface area contributed by atoms with E-state index in [9.17, 15) is 0 Å². The first kappa shape index (κ1) is 12.2. The third-order valence-electron chi connectivity index (χ3n) is 3.25. The Bertz CT molecular complexity index is 380. The molecule has 4 heteroatoms. The molecule has 94 valence electrons. The van der Waals surface area contributed by atoms with Crippen LogP contribution in [0.15, 0.2) is 18.9 Å². The maximum Gasteiger partial charge on any atom is 0.203 e. The third kappa shape index (κ3) is 2.88. The number of nitrogens with one attached hydrogen (secondary N) is 1. The molecule has 1 aromatic rings.